The lowest BCUT2D eigenvalue weighted by Gasteiger charge is -2.21. The van der Waals surface area contributed by atoms with Crippen molar-refractivity contribution in [3.8, 4) is 5.75 Å². The Morgan fingerprint density at radius 1 is 1.06 bits per heavy atom. The van der Waals surface area contributed by atoms with Crippen LogP contribution in [0.3, 0.4) is 0 Å². The van der Waals surface area contributed by atoms with E-state index in [1.807, 2.05) is 42.5 Å². The van der Waals surface area contributed by atoms with Crippen molar-refractivity contribution in [1.29, 1.82) is 0 Å². The summed E-state index contributed by atoms with van der Waals surface area (Å²) in [6, 6.07) is 22.5. The predicted molar refractivity (Wildman–Crippen MR) is 129 cm³/mol. The number of carbonyl (C=O) groups is 1. The van der Waals surface area contributed by atoms with Crippen molar-refractivity contribution in [2.45, 2.75) is 18.9 Å². The summed E-state index contributed by atoms with van der Waals surface area (Å²) in [5.41, 5.74) is 5.03. The zero-order chi connectivity index (χ0) is 22.8. The van der Waals surface area contributed by atoms with Gasteiger partial charge in [-0.3, -0.25) is 9.89 Å². The van der Waals surface area contributed by atoms with Gasteiger partial charge in [0, 0.05) is 28.6 Å². The van der Waals surface area contributed by atoms with Gasteiger partial charge in [-0.25, -0.2) is 0 Å². The molecule has 2 heterocycles. The van der Waals surface area contributed by atoms with Gasteiger partial charge >= 0.3 is 0 Å². The summed E-state index contributed by atoms with van der Waals surface area (Å²) in [5.74, 6) is 0.572. The molecule has 1 aliphatic rings. The third kappa shape index (κ3) is 4.75. The number of rotatable bonds is 6. The number of nitrogens with zero attached hydrogens (tertiary/aromatic N) is 1. The van der Waals surface area contributed by atoms with Crippen LogP contribution in [0.15, 0.2) is 72.8 Å². The van der Waals surface area contributed by atoms with E-state index in [4.69, 9.17) is 27.9 Å². The SMILES string of the molecule is O=C(NC(c1ccc2c(c1)CCO2)c1cc(Cl)ccc1Cl)c1cc(Cc2ccccc2)[nH]n1. The molecule has 5 rings (SSSR count). The second-order valence-electron chi connectivity index (χ2n) is 7.98. The van der Waals surface area contributed by atoms with Crippen molar-refractivity contribution in [3.05, 3.63) is 116 Å². The Hall–Kier alpha value is -3.28. The maximum atomic E-state index is 13.2. The first kappa shape index (κ1) is 21.6. The van der Waals surface area contributed by atoms with Gasteiger partial charge in [0.25, 0.3) is 5.91 Å². The van der Waals surface area contributed by atoms with E-state index in [1.54, 1.807) is 24.3 Å². The van der Waals surface area contributed by atoms with Crippen LogP contribution in [0.1, 0.15) is 44.5 Å². The molecule has 0 bridgehead atoms. The molecule has 1 aromatic heterocycles. The molecule has 0 spiro atoms. The molecule has 0 saturated carbocycles. The fourth-order valence-corrected chi connectivity index (χ4v) is 4.46. The summed E-state index contributed by atoms with van der Waals surface area (Å²) in [6.45, 7) is 0.658. The minimum atomic E-state index is -0.496. The largest absolute Gasteiger partial charge is 0.493 e. The van der Waals surface area contributed by atoms with Crippen LogP contribution in [0.5, 0.6) is 5.75 Å². The average Bonchev–Trinajstić information content (AvgIpc) is 3.49. The first-order valence-corrected chi connectivity index (χ1v) is 11.4. The van der Waals surface area contributed by atoms with E-state index in [0.29, 0.717) is 28.8 Å². The number of H-pyrrole nitrogens is 1. The van der Waals surface area contributed by atoms with Crippen LogP contribution in [0, 0.1) is 0 Å². The van der Waals surface area contributed by atoms with Crippen LogP contribution in [0.2, 0.25) is 10.0 Å². The molecule has 7 heteroatoms. The van der Waals surface area contributed by atoms with Gasteiger partial charge in [0.15, 0.2) is 0 Å². The van der Waals surface area contributed by atoms with E-state index in [0.717, 1.165) is 40.1 Å². The van der Waals surface area contributed by atoms with Crippen molar-refractivity contribution < 1.29 is 9.53 Å². The molecule has 0 aliphatic carbocycles. The third-order valence-electron chi connectivity index (χ3n) is 5.69. The molecule has 166 valence electrons. The highest BCUT2D eigenvalue weighted by Gasteiger charge is 2.24. The number of aromatic amines is 1. The van der Waals surface area contributed by atoms with Crippen LogP contribution < -0.4 is 10.1 Å². The summed E-state index contributed by atoms with van der Waals surface area (Å²) in [7, 11) is 0. The molecule has 4 aromatic rings. The Balaban J connectivity index is 1.44. The Kier molecular flexibility index (Phi) is 6.07. The van der Waals surface area contributed by atoms with Gasteiger partial charge in [0.2, 0.25) is 0 Å². The van der Waals surface area contributed by atoms with Crippen molar-refractivity contribution >= 4 is 29.1 Å². The van der Waals surface area contributed by atoms with Gasteiger partial charge < -0.3 is 10.1 Å². The second-order valence-corrected chi connectivity index (χ2v) is 8.82. The van der Waals surface area contributed by atoms with Crippen molar-refractivity contribution in [2.24, 2.45) is 0 Å². The van der Waals surface area contributed by atoms with E-state index in [2.05, 4.69) is 21.6 Å². The van der Waals surface area contributed by atoms with Gasteiger partial charge in [-0.15, -0.1) is 0 Å². The molecule has 1 amide bonds. The molecule has 33 heavy (non-hydrogen) atoms. The van der Waals surface area contributed by atoms with E-state index in [9.17, 15) is 4.79 Å². The number of hydrogen-bond acceptors (Lipinski definition) is 3. The number of benzene rings is 3. The minimum Gasteiger partial charge on any atom is -0.493 e. The van der Waals surface area contributed by atoms with Crippen LogP contribution in [-0.2, 0) is 12.8 Å². The second kappa shape index (κ2) is 9.30. The normalized spacial score (nSPS) is 13.3. The number of ether oxygens (including phenoxy) is 1. The maximum Gasteiger partial charge on any atom is 0.272 e. The first-order chi connectivity index (χ1) is 16.1. The molecule has 0 fully saturated rings. The lowest BCUT2D eigenvalue weighted by molar-refractivity contribution is 0.0938. The molecular weight excluding hydrogens is 457 g/mol. The first-order valence-electron chi connectivity index (χ1n) is 10.7. The van der Waals surface area contributed by atoms with Crippen LogP contribution >= 0.6 is 23.2 Å². The maximum absolute atomic E-state index is 13.2. The third-order valence-corrected chi connectivity index (χ3v) is 6.27. The molecule has 1 unspecified atom stereocenters. The van der Waals surface area contributed by atoms with Gasteiger partial charge in [-0.1, -0.05) is 59.6 Å². The molecule has 0 radical (unpaired) electrons. The molecule has 5 nitrogen and oxygen atoms in total. The monoisotopic (exact) mass is 477 g/mol. The summed E-state index contributed by atoms with van der Waals surface area (Å²) < 4.78 is 5.64. The average molecular weight is 478 g/mol. The zero-order valence-corrected chi connectivity index (χ0v) is 19.2. The Labute approximate surface area is 201 Å². The smallest absolute Gasteiger partial charge is 0.272 e. The number of amides is 1. The fraction of sp³-hybridized carbons (Fsp3) is 0.154. The number of hydrogen-bond donors (Lipinski definition) is 2. The number of nitrogens with one attached hydrogen (secondary N) is 2. The standard InChI is InChI=1S/C26H21Cl2N3O2/c27-19-7-8-22(28)21(14-19)25(18-6-9-24-17(13-18)10-11-33-24)29-26(32)23-15-20(30-31-23)12-16-4-2-1-3-5-16/h1-9,13-15,25H,10-12H2,(H,29,32)(H,30,31). The Morgan fingerprint density at radius 3 is 2.76 bits per heavy atom. The van der Waals surface area contributed by atoms with Crippen molar-refractivity contribution in [3.63, 3.8) is 0 Å². The van der Waals surface area contributed by atoms with Gasteiger partial charge in [-0.2, -0.15) is 5.10 Å². The van der Waals surface area contributed by atoms with E-state index >= 15 is 0 Å². The zero-order valence-electron chi connectivity index (χ0n) is 17.6. The lowest BCUT2D eigenvalue weighted by Crippen LogP contribution is -2.30. The van der Waals surface area contributed by atoms with Crippen molar-refractivity contribution in [2.75, 3.05) is 6.61 Å². The topological polar surface area (TPSA) is 67.0 Å². The van der Waals surface area contributed by atoms with Crippen LogP contribution in [0.25, 0.3) is 0 Å². The van der Waals surface area contributed by atoms with Crippen molar-refractivity contribution in [1.82, 2.24) is 15.5 Å². The number of halogens is 2. The van der Waals surface area contributed by atoms with Crippen LogP contribution in [-0.4, -0.2) is 22.7 Å². The van der Waals surface area contributed by atoms with E-state index < -0.39 is 6.04 Å². The minimum absolute atomic E-state index is 0.302. The highest BCUT2D eigenvalue weighted by molar-refractivity contribution is 6.33. The highest BCUT2D eigenvalue weighted by Crippen LogP contribution is 2.34. The molecule has 2 N–H and O–H groups in total. The predicted octanol–water partition coefficient (Wildman–Crippen LogP) is 5.76. The quantitative estimate of drug-likeness (QED) is 0.370. The molecule has 3 aromatic carbocycles. The van der Waals surface area contributed by atoms with Crippen LogP contribution in [0.4, 0.5) is 0 Å². The molecule has 0 saturated heterocycles. The molecular formula is C26H21Cl2N3O2. The number of carbonyl (C=O) groups excluding carboxylic acids is 1. The fourth-order valence-electron chi connectivity index (χ4n) is 4.05. The van der Waals surface area contributed by atoms with E-state index in [-0.39, 0.29) is 5.91 Å². The van der Waals surface area contributed by atoms with Gasteiger partial charge in [0.1, 0.15) is 11.4 Å². The van der Waals surface area contributed by atoms with Gasteiger partial charge in [0.05, 0.1) is 12.6 Å². The lowest BCUT2D eigenvalue weighted by atomic mass is 9.96. The Morgan fingerprint density at radius 2 is 1.91 bits per heavy atom. The van der Waals surface area contributed by atoms with Gasteiger partial charge in [-0.05, 0) is 58.7 Å². The number of fused-ring (bicyclic) bond motifs is 1. The summed E-state index contributed by atoms with van der Waals surface area (Å²) in [5, 5.41) is 11.4. The summed E-state index contributed by atoms with van der Waals surface area (Å²) >= 11 is 12.8. The van der Waals surface area contributed by atoms with E-state index in [1.165, 1.54) is 0 Å². The Bertz CT molecular complexity index is 1300. The molecule has 1 atom stereocenters. The summed E-state index contributed by atoms with van der Waals surface area (Å²) in [6.07, 6.45) is 1.49. The molecule has 1 aliphatic heterocycles. The highest BCUT2D eigenvalue weighted by atomic mass is 35.5. The number of aromatic nitrogens is 2. The summed E-state index contributed by atoms with van der Waals surface area (Å²) in [4.78, 5) is 13.2.